The first kappa shape index (κ1) is 13.9. The predicted molar refractivity (Wildman–Crippen MR) is 67.6 cm³/mol. The first-order chi connectivity index (χ1) is 8.99. The van der Waals surface area contributed by atoms with Crippen LogP contribution in [-0.2, 0) is 4.74 Å². The third kappa shape index (κ3) is 3.10. The summed E-state index contributed by atoms with van der Waals surface area (Å²) in [6.45, 7) is 4.35. The normalized spacial score (nSPS) is 19.8. The maximum atomic E-state index is 12.6. The van der Waals surface area contributed by atoms with Gasteiger partial charge in [0.2, 0.25) is 0 Å². The van der Waals surface area contributed by atoms with Crippen molar-refractivity contribution in [2.75, 3.05) is 19.7 Å². The van der Waals surface area contributed by atoms with Gasteiger partial charge in [0, 0.05) is 12.1 Å². The molecular weight excluding hydrogens is 252 g/mol. The second-order valence-corrected chi connectivity index (χ2v) is 4.79. The van der Waals surface area contributed by atoms with E-state index in [0.717, 1.165) is 11.1 Å². The summed E-state index contributed by atoms with van der Waals surface area (Å²) in [5.74, 6) is -0.211. The lowest BCUT2D eigenvalue weighted by molar-refractivity contribution is -0.0942. The molecule has 0 saturated carbocycles. The van der Waals surface area contributed by atoms with Gasteiger partial charge in [-0.05, 0) is 37.1 Å². The van der Waals surface area contributed by atoms with Crippen LogP contribution in [0.15, 0.2) is 18.2 Å². The van der Waals surface area contributed by atoms with Crippen LogP contribution in [0.2, 0.25) is 0 Å². The lowest BCUT2D eigenvalue weighted by Gasteiger charge is -2.32. The lowest BCUT2D eigenvalue weighted by Crippen LogP contribution is -2.48. The highest BCUT2D eigenvalue weighted by atomic mass is 19.3. The van der Waals surface area contributed by atoms with Gasteiger partial charge in [-0.2, -0.15) is 0 Å². The standard InChI is InChI=1S/C14H17F2NO2/c1-9-3-4-11(7-10(9)2)14(18)17-5-6-19-12(8-17)13(15)16/h3-4,7,12-13H,5-6,8H2,1-2H3. The molecule has 3 nitrogen and oxygen atoms in total. The molecule has 5 heteroatoms. The van der Waals surface area contributed by atoms with Gasteiger partial charge in [0.15, 0.2) is 0 Å². The number of aryl methyl sites for hydroxylation is 2. The number of nitrogens with zero attached hydrogens (tertiary/aromatic N) is 1. The molecule has 1 heterocycles. The Morgan fingerprint density at radius 3 is 2.74 bits per heavy atom. The van der Waals surface area contributed by atoms with Gasteiger partial charge in [-0.1, -0.05) is 6.07 Å². The van der Waals surface area contributed by atoms with Crippen LogP contribution in [0, 0.1) is 13.8 Å². The summed E-state index contributed by atoms with van der Waals surface area (Å²) in [6.07, 6.45) is -3.74. The van der Waals surface area contributed by atoms with E-state index in [0.29, 0.717) is 12.1 Å². The number of hydrogen-bond acceptors (Lipinski definition) is 2. The van der Waals surface area contributed by atoms with Gasteiger partial charge in [0.1, 0.15) is 6.10 Å². The van der Waals surface area contributed by atoms with E-state index >= 15 is 0 Å². The fourth-order valence-corrected chi connectivity index (χ4v) is 2.07. The smallest absolute Gasteiger partial charge is 0.266 e. The number of alkyl halides is 2. The highest BCUT2D eigenvalue weighted by Crippen LogP contribution is 2.17. The van der Waals surface area contributed by atoms with Crippen molar-refractivity contribution in [1.82, 2.24) is 4.90 Å². The molecule has 0 spiro atoms. The first-order valence-corrected chi connectivity index (χ1v) is 6.25. The Morgan fingerprint density at radius 1 is 1.37 bits per heavy atom. The van der Waals surface area contributed by atoms with Gasteiger partial charge in [0.05, 0.1) is 13.2 Å². The summed E-state index contributed by atoms with van der Waals surface area (Å²) in [7, 11) is 0. The van der Waals surface area contributed by atoms with Crippen molar-refractivity contribution in [2.45, 2.75) is 26.4 Å². The average molecular weight is 269 g/mol. The largest absolute Gasteiger partial charge is 0.369 e. The molecular formula is C14H17F2NO2. The second-order valence-electron chi connectivity index (χ2n) is 4.79. The molecule has 1 amide bonds. The van der Waals surface area contributed by atoms with Gasteiger partial charge < -0.3 is 9.64 Å². The predicted octanol–water partition coefficient (Wildman–Crippen LogP) is 2.41. The minimum atomic E-state index is -2.56. The average Bonchev–Trinajstić information content (AvgIpc) is 2.41. The second kappa shape index (κ2) is 5.65. The molecule has 0 bridgehead atoms. The molecule has 0 aromatic heterocycles. The van der Waals surface area contributed by atoms with Crippen molar-refractivity contribution < 1.29 is 18.3 Å². The summed E-state index contributed by atoms with van der Waals surface area (Å²) >= 11 is 0. The highest BCUT2D eigenvalue weighted by Gasteiger charge is 2.30. The van der Waals surface area contributed by atoms with E-state index in [1.165, 1.54) is 4.90 Å². The van der Waals surface area contributed by atoms with E-state index in [1.807, 2.05) is 19.9 Å². The fraction of sp³-hybridized carbons (Fsp3) is 0.500. The Labute approximate surface area is 111 Å². The lowest BCUT2D eigenvalue weighted by atomic mass is 10.1. The molecule has 1 atom stereocenters. The molecule has 19 heavy (non-hydrogen) atoms. The Balaban J connectivity index is 2.12. The van der Waals surface area contributed by atoms with E-state index < -0.39 is 12.5 Å². The quantitative estimate of drug-likeness (QED) is 0.825. The Kier molecular flexibility index (Phi) is 4.14. The number of carbonyl (C=O) groups is 1. The number of hydrogen-bond donors (Lipinski definition) is 0. The van der Waals surface area contributed by atoms with Crippen molar-refractivity contribution in [1.29, 1.82) is 0 Å². The molecule has 1 aliphatic heterocycles. The number of rotatable bonds is 2. The number of morpholine rings is 1. The summed E-state index contributed by atoms with van der Waals surface area (Å²) in [5, 5.41) is 0. The molecule has 1 unspecified atom stereocenters. The summed E-state index contributed by atoms with van der Waals surface area (Å²) < 4.78 is 30.2. The van der Waals surface area contributed by atoms with Gasteiger partial charge in [-0.25, -0.2) is 8.78 Å². The van der Waals surface area contributed by atoms with E-state index in [4.69, 9.17) is 4.74 Å². The minimum Gasteiger partial charge on any atom is -0.369 e. The minimum absolute atomic E-state index is 0.0522. The molecule has 1 aromatic carbocycles. The van der Waals surface area contributed by atoms with Gasteiger partial charge in [0.25, 0.3) is 12.3 Å². The van der Waals surface area contributed by atoms with Crippen molar-refractivity contribution in [3.8, 4) is 0 Å². The molecule has 0 aliphatic carbocycles. The Morgan fingerprint density at radius 2 is 2.11 bits per heavy atom. The number of carbonyl (C=O) groups excluding carboxylic acids is 1. The fourth-order valence-electron chi connectivity index (χ4n) is 2.07. The van der Waals surface area contributed by atoms with Crippen LogP contribution >= 0.6 is 0 Å². The van der Waals surface area contributed by atoms with Crippen molar-refractivity contribution >= 4 is 5.91 Å². The van der Waals surface area contributed by atoms with E-state index in [9.17, 15) is 13.6 Å². The van der Waals surface area contributed by atoms with Crippen LogP contribution in [-0.4, -0.2) is 43.0 Å². The Bertz CT molecular complexity index is 477. The van der Waals surface area contributed by atoms with Gasteiger partial charge in [-0.15, -0.1) is 0 Å². The van der Waals surface area contributed by atoms with Crippen molar-refractivity contribution in [2.24, 2.45) is 0 Å². The zero-order valence-corrected chi connectivity index (χ0v) is 11.0. The summed E-state index contributed by atoms with van der Waals surface area (Å²) in [4.78, 5) is 13.7. The number of benzene rings is 1. The number of halogens is 2. The van der Waals surface area contributed by atoms with E-state index in [2.05, 4.69) is 0 Å². The maximum absolute atomic E-state index is 12.6. The van der Waals surface area contributed by atoms with Crippen LogP contribution in [0.3, 0.4) is 0 Å². The summed E-state index contributed by atoms with van der Waals surface area (Å²) in [5.41, 5.74) is 2.66. The highest BCUT2D eigenvalue weighted by molar-refractivity contribution is 5.94. The first-order valence-electron chi connectivity index (χ1n) is 6.25. The van der Waals surface area contributed by atoms with E-state index in [1.54, 1.807) is 12.1 Å². The van der Waals surface area contributed by atoms with Crippen LogP contribution in [0.4, 0.5) is 8.78 Å². The monoisotopic (exact) mass is 269 g/mol. The van der Waals surface area contributed by atoms with Gasteiger partial charge in [-0.3, -0.25) is 4.79 Å². The number of amides is 1. The van der Waals surface area contributed by atoms with Crippen LogP contribution < -0.4 is 0 Å². The van der Waals surface area contributed by atoms with Crippen molar-refractivity contribution in [3.63, 3.8) is 0 Å². The molecule has 0 radical (unpaired) electrons. The van der Waals surface area contributed by atoms with Crippen LogP contribution in [0.5, 0.6) is 0 Å². The van der Waals surface area contributed by atoms with Gasteiger partial charge >= 0.3 is 0 Å². The zero-order chi connectivity index (χ0) is 14.0. The van der Waals surface area contributed by atoms with Crippen molar-refractivity contribution in [3.05, 3.63) is 34.9 Å². The topological polar surface area (TPSA) is 29.5 Å². The van der Waals surface area contributed by atoms with E-state index in [-0.39, 0.29) is 19.1 Å². The maximum Gasteiger partial charge on any atom is 0.266 e. The SMILES string of the molecule is Cc1ccc(C(=O)N2CCOC(C(F)F)C2)cc1C. The molecule has 1 saturated heterocycles. The number of ether oxygens (including phenoxy) is 1. The van der Waals surface area contributed by atoms with Crippen LogP contribution in [0.25, 0.3) is 0 Å². The third-order valence-corrected chi connectivity index (χ3v) is 3.42. The van der Waals surface area contributed by atoms with Crippen LogP contribution in [0.1, 0.15) is 21.5 Å². The molecule has 1 aromatic rings. The Hall–Kier alpha value is -1.49. The zero-order valence-electron chi connectivity index (χ0n) is 11.0. The molecule has 104 valence electrons. The molecule has 1 aliphatic rings. The molecule has 1 fully saturated rings. The summed E-state index contributed by atoms with van der Waals surface area (Å²) in [6, 6.07) is 5.40. The molecule has 2 rings (SSSR count). The third-order valence-electron chi connectivity index (χ3n) is 3.42. The molecule has 0 N–H and O–H groups in total.